The van der Waals surface area contributed by atoms with Crippen molar-refractivity contribution in [1.29, 1.82) is 0 Å². The van der Waals surface area contributed by atoms with Crippen molar-refractivity contribution in [1.82, 2.24) is 14.5 Å². The quantitative estimate of drug-likeness (QED) is 0.872. The molecule has 0 aliphatic heterocycles. The van der Waals surface area contributed by atoms with E-state index in [2.05, 4.69) is 9.88 Å². The van der Waals surface area contributed by atoms with Crippen LogP contribution in [0, 0.1) is 0 Å². The lowest BCUT2D eigenvalue weighted by Gasteiger charge is -2.17. The lowest BCUT2D eigenvalue weighted by molar-refractivity contribution is 0.0695. The van der Waals surface area contributed by atoms with Gasteiger partial charge in [-0.15, -0.1) is 0 Å². The zero-order valence-electron chi connectivity index (χ0n) is 11.8. The predicted molar refractivity (Wildman–Crippen MR) is 76.6 cm³/mol. The molecule has 1 aromatic carbocycles. The normalized spacial score (nSPS) is 10.9. The maximum atomic E-state index is 11.1. The number of likely N-dealkylation sites (N-methyl/N-ethyl adjacent to an activating group) is 1. The highest BCUT2D eigenvalue weighted by molar-refractivity contribution is 5.89. The Kier molecular flexibility index (Phi) is 4.53. The fourth-order valence-corrected chi connectivity index (χ4v) is 2.15. The highest BCUT2D eigenvalue weighted by Gasteiger charge is 2.10. The molecule has 0 atom stereocenters. The first kappa shape index (κ1) is 14.3. The van der Waals surface area contributed by atoms with Crippen LogP contribution in [-0.2, 0) is 20.0 Å². The summed E-state index contributed by atoms with van der Waals surface area (Å²) >= 11 is 0. The molecule has 1 N–H and O–H groups in total. The van der Waals surface area contributed by atoms with Crippen molar-refractivity contribution in [2.75, 3.05) is 13.6 Å². The van der Waals surface area contributed by atoms with Crippen LogP contribution >= 0.6 is 0 Å². The monoisotopic (exact) mass is 273 g/mol. The molecule has 2 aromatic rings. The molecule has 0 aliphatic carbocycles. The zero-order chi connectivity index (χ0) is 14.5. The maximum Gasteiger partial charge on any atom is 0.335 e. The van der Waals surface area contributed by atoms with Crippen molar-refractivity contribution in [2.45, 2.75) is 13.0 Å². The molecule has 0 radical (unpaired) electrons. The van der Waals surface area contributed by atoms with E-state index in [4.69, 9.17) is 5.11 Å². The van der Waals surface area contributed by atoms with Crippen LogP contribution in [0.5, 0.6) is 0 Å². The number of benzene rings is 1. The van der Waals surface area contributed by atoms with Crippen LogP contribution in [0.15, 0.2) is 36.8 Å². The molecule has 1 heterocycles. The molecule has 0 saturated heterocycles. The smallest absolute Gasteiger partial charge is 0.335 e. The fourth-order valence-electron chi connectivity index (χ4n) is 2.15. The first-order valence-corrected chi connectivity index (χ1v) is 6.53. The Morgan fingerprint density at radius 1 is 1.40 bits per heavy atom. The minimum Gasteiger partial charge on any atom is -0.478 e. The molecule has 5 nitrogen and oxygen atoms in total. The molecule has 0 fully saturated rings. The largest absolute Gasteiger partial charge is 0.478 e. The number of hydrogen-bond acceptors (Lipinski definition) is 3. The summed E-state index contributed by atoms with van der Waals surface area (Å²) in [6.07, 6.45) is 4.35. The maximum absolute atomic E-state index is 11.1. The summed E-state index contributed by atoms with van der Waals surface area (Å²) in [7, 11) is 3.99. The van der Waals surface area contributed by atoms with Gasteiger partial charge in [0.25, 0.3) is 0 Å². The Labute approximate surface area is 118 Å². The third-order valence-corrected chi connectivity index (χ3v) is 3.36. The lowest BCUT2D eigenvalue weighted by atomic mass is 10.0. The van der Waals surface area contributed by atoms with Crippen LogP contribution in [0.25, 0.3) is 0 Å². The number of carboxylic acid groups (broad SMARTS) is 1. The molecule has 0 aliphatic rings. The number of nitrogens with zero attached hydrogens (tertiary/aromatic N) is 3. The number of hydrogen-bond donors (Lipinski definition) is 1. The van der Waals surface area contributed by atoms with E-state index in [1.165, 1.54) is 0 Å². The van der Waals surface area contributed by atoms with E-state index in [1.807, 2.05) is 37.0 Å². The number of aryl methyl sites for hydroxylation is 1. The van der Waals surface area contributed by atoms with Gasteiger partial charge in [-0.05, 0) is 25.1 Å². The third-order valence-electron chi connectivity index (χ3n) is 3.36. The van der Waals surface area contributed by atoms with E-state index in [-0.39, 0.29) is 0 Å². The minimum atomic E-state index is -0.866. The second-order valence-corrected chi connectivity index (χ2v) is 4.95. The van der Waals surface area contributed by atoms with Crippen molar-refractivity contribution in [3.8, 4) is 0 Å². The molecular formula is C15H19N3O2. The molecule has 0 unspecified atom stereocenters. The van der Waals surface area contributed by atoms with Gasteiger partial charge < -0.3 is 14.6 Å². The van der Waals surface area contributed by atoms with Gasteiger partial charge in [-0.25, -0.2) is 9.78 Å². The number of aromatic carboxylic acids is 1. The van der Waals surface area contributed by atoms with Crippen LogP contribution in [0.3, 0.4) is 0 Å². The van der Waals surface area contributed by atoms with Crippen LogP contribution < -0.4 is 0 Å². The number of imidazole rings is 1. The second-order valence-electron chi connectivity index (χ2n) is 4.95. The molecule has 0 amide bonds. The van der Waals surface area contributed by atoms with Gasteiger partial charge in [-0.2, -0.15) is 0 Å². The van der Waals surface area contributed by atoms with Gasteiger partial charge in [-0.3, -0.25) is 0 Å². The molecule has 5 heteroatoms. The number of rotatable bonds is 6. The van der Waals surface area contributed by atoms with Crippen molar-refractivity contribution < 1.29 is 9.90 Å². The Hall–Kier alpha value is -2.14. The van der Waals surface area contributed by atoms with Crippen molar-refractivity contribution in [2.24, 2.45) is 7.05 Å². The van der Waals surface area contributed by atoms with Gasteiger partial charge >= 0.3 is 5.97 Å². The fraction of sp³-hybridized carbons (Fsp3) is 0.333. The van der Waals surface area contributed by atoms with E-state index in [9.17, 15) is 4.79 Å². The van der Waals surface area contributed by atoms with Gasteiger partial charge in [0.1, 0.15) is 0 Å². The van der Waals surface area contributed by atoms with E-state index >= 15 is 0 Å². The number of aromatic nitrogens is 2. The molecule has 1 aromatic heterocycles. The minimum absolute atomic E-state index is 0.390. The van der Waals surface area contributed by atoms with Crippen LogP contribution in [0.2, 0.25) is 0 Å². The SMILES string of the molecule is CN(CCc1ccccc1C(=O)O)Cc1cncn1C. The summed E-state index contributed by atoms with van der Waals surface area (Å²) in [4.78, 5) is 17.4. The van der Waals surface area contributed by atoms with Crippen LogP contribution in [0.1, 0.15) is 21.6 Å². The van der Waals surface area contributed by atoms with Gasteiger partial charge in [0.05, 0.1) is 17.6 Å². The highest BCUT2D eigenvalue weighted by Crippen LogP contribution is 2.11. The summed E-state index contributed by atoms with van der Waals surface area (Å²) < 4.78 is 1.99. The average Bonchev–Trinajstić information content (AvgIpc) is 2.82. The van der Waals surface area contributed by atoms with E-state index in [0.717, 1.165) is 30.8 Å². The summed E-state index contributed by atoms with van der Waals surface area (Å²) in [5.74, 6) is -0.866. The Balaban J connectivity index is 1.95. The zero-order valence-corrected chi connectivity index (χ0v) is 11.8. The molecule has 20 heavy (non-hydrogen) atoms. The molecule has 0 spiro atoms. The van der Waals surface area contributed by atoms with Gasteiger partial charge in [0.2, 0.25) is 0 Å². The van der Waals surface area contributed by atoms with E-state index < -0.39 is 5.97 Å². The van der Waals surface area contributed by atoms with Gasteiger partial charge in [0.15, 0.2) is 0 Å². The summed E-state index contributed by atoms with van der Waals surface area (Å²) in [5, 5.41) is 9.15. The molecule has 2 rings (SSSR count). The Morgan fingerprint density at radius 2 is 2.15 bits per heavy atom. The Morgan fingerprint density at radius 3 is 2.80 bits per heavy atom. The average molecular weight is 273 g/mol. The summed E-state index contributed by atoms with van der Waals surface area (Å²) in [6, 6.07) is 7.16. The van der Waals surface area contributed by atoms with Crippen molar-refractivity contribution >= 4 is 5.97 Å². The Bertz CT molecular complexity index is 592. The molecule has 0 bridgehead atoms. The van der Waals surface area contributed by atoms with E-state index in [0.29, 0.717) is 5.56 Å². The van der Waals surface area contributed by atoms with Gasteiger partial charge in [-0.1, -0.05) is 18.2 Å². The highest BCUT2D eigenvalue weighted by atomic mass is 16.4. The molecule has 106 valence electrons. The molecular weight excluding hydrogens is 254 g/mol. The number of carbonyl (C=O) groups is 1. The molecule has 0 saturated carbocycles. The first-order chi connectivity index (χ1) is 9.58. The van der Waals surface area contributed by atoms with Gasteiger partial charge in [0, 0.05) is 26.3 Å². The summed E-state index contributed by atoms with van der Waals surface area (Å²) in [5.41, 5.74) is 2.40. The number of carboxylic acids is 1. The second kappa shape index (κ2) is 6.34. The topological polar surface area (TPSA) is 58.4 Å². The first-order valence-electron chi connectivity index (χ1n) is 6.53. The third kappa shape index (κ3) is 3.45. The van der Waals surface area contributed by atoms with E-state index in [1.54, 1.807) is 18.5 Å². The lowest BCUT2D eigenvalue weighted by Crippen LogP contribution is -2.22. The standard InChI is InChI=1S/C15H19N3O2/c1-17(10-13-9-16-11-18(13)2)8-7-12-5-3-4-6-14(12)15(19)20/h3-6,9,11H,7-8,10H2,1-2H3,(H,19,20). The predicted octanol–water partition coefficient (Wildman–Crippen LogP) is 1.79. The van der Waals surface area contributed by atoms with Crippen LogP contribution in [-0.4, -0.2) is 39.1 Å². The van der Waals surface area contributed by atoms with Crippen molar-refractivity contribution in [3.05, 3.63) is 53.6 Å². The van der Waals surface area contributed by atoms with Crippen molar-refractivity contribution in [3.63, 3.8) is 0 Å². The summed E-state index contributed by atoms with van der Waals surface area (Å²) in [6.45, 7) is 1.60. The van der Waals surface area contributed by atoms with Crippen LogP contribution in [0.4, 0.5) is 0 Å².